The molecule has 0 aliphatic rings. The van der Waals surface area contributed by atoms with Crippen LogP contribution in [0.3, 0.4) is 0 Å². The number of carbonyl (C=O) groups is 1. The van der Waals surface area contributed by atoms with Crippen LogP contribution >= 0.6 is 27.5 Å². The summed E-state index contributed by atoms with van der Waals surface area (Å²) in [7, 11) is 1.73. The Labute approximate surface area is 101 Å². The van der Waals surface area contributed by atoms with Crippen LogP contribution in [0.1, 0.15) is 16.8 Å². The summed E-state index contributed by atoms with van der Waals surface area (Å²) in [6, 6.07) is 3.00. The predicted octanol–water partition coefficient (Wildman–Crippen LogP) is 3.03. The van der Waals surface area contributed by atoms with Crippen molar-refractivity contribution in [2.24, 2.45) is 0 Å². The molecule has 0 aliphatic carbocycles. The molecular formula is C10H10BrClFNO. The zero-order valence-corrected chi connectivity index (χ0v) is 10.5. The van der Waals surface area contributed by atoms with E-state index in [1.807, 2.05) is 0 Å². The molecule has 5 heteroatoms. The molecule has 2 nitrogen and oxygen atoms in total. The second-order valence-corrected chi connectivity index (χ2v) is 4.23. The van der Waals surface area contributed by atoms with Crippen molar-refractivity contribution in [3.8, 4) is 0 Å². The fourth-order valence-corrected chi connectivity index (χ4v) is 1.59. The summed E-state index contributed by atoms with van der Waals surface area (Å²) < 4.78 is 14.0. The molecule has 1 aromatic rings. The minimum atomic E-state index is -0.660. The van der Waals surface area contributed by atoms with Gasteiger partial charge in [-0.15, -0.1) is 0 Å². The molecule has 1 aromatic carbocycles. The number of hydrogen-bond acceptors (Lipinski definition) is 2. The normalized spacial score (nSPS) is 10.4. The minimum Gasteiger partial charge on any atom is -0.319 e. The van der Waals surface area contributed by atoms with Gasteiger partial charge in [-0.25, -0.2) is 4.39 Å². The van der Waals surface area contributed by atoms with Gasteiger partial charge in [0.15, 0.2) is 11.6 Å². The van der Waals surface area contributed by atoms with Gasteiger partial charge in [-0.05, 0) is 35.1 Å². The third kappa shape index (κ3) is 3.00. The van der Waals surface area contributed by atoms with Crippen molar-refractivity contribution in [3.63, 3.8) is 0 Å². The van der Waals surface area contributed by atoms with Crippen molar-refractivity contribution < 1.29 is 9.18 Å². The van der Waals surface area contributed by atoms with E-state index < -0.39 is 5.82 Å². The van der Waals surface area contributed by atoms with Crippen LogP contribution in [0.5, 0.6) is 0 Å². The quantitative estimate of drug-likeness (QED) is 0.683. The molecule has 0 unspecified atom stereocenters. The minimum absolute atomic E-state index is 0.0402. The maximum absolute atomic E-state index is 13.5. The number of nitrogens with one attached hydrogen (secondary N) is 1. The lowest BCUT2D eigenvalue weighted by Gasteiger charge is -2.05. The molecule has 15 heavy (non-hydrogen) atoms. The largest absolute Gasteiger partial charge is 0.319 e. The Morgan fingerprint density at radius 1 is 1.60 bits per heavy atom. The zero-order chi connectivity index (χ0) is 11.4. The molecule has 0 radical (unpaired) electrons. The summed E-state index contributed by atoms with van der Waals surface area (Å²) in [5.74, 6) is -0.914. The molecule has 82 valence electrons. The highest BCUT2D eigenvalue weighted by Gasteiger charge is 2.15. The molecule has 0 fully saturated rings. The molecule has 0 aromatic heterocycles. The lowest BCUT2D eigenvalue weighted by Crippen LogP contribution is -2.14. The van der Waals surface area contributed by atoms with Gasteiger partial charge in [0, 0.05) is 17.4 Å². The number of rotatable bonds is 4. The van der Waals surface area contributed by atoms with Gasteiger partial charge in [0.25, 0.3) is 0 Å². The Morgan fingerprint density at radius 3 is 2.87 bits per heavy atom. The monoisotopic (exact) mass is 293 g/mol. The number of benzene rings is 1. The maximum Gasteiger partial charge on any atom is 0.167 e. The molecule has 0 atom stereocenters. The lowest BCUT2D eigenvalue weighted by molar-refractivity contribution is 0.0979. The van der Waals surface area contributed by atoms with Gasteiger partial charge < -0.3 is 5.32 Å². The second-order valence-electron chi connectivity index (χ2n) is 3.00. The standard InChI is InChI=1S/C10H10BrClFNO/c1-14-5-4-8(15)6-2-3-7(11)9(12)10(6)13/h2-3,14H,4-5H2,1H3. The van der Waals surface area contributed by atoms with Crippen LogP contribution in [0.4, 0.5) is 4.39 Å². The summed E-state index contributed by atoms with van der Waals surface area (Å²) >= 11 is 8.76. The number of Topliss-reactive ketones (excluding diaryl/α,β-unsaturated/α-hetero) is 1. The van der Waals surface area contributed by atoms with E-state index in [0.29, 0.717) is 11.0 Å². The SMILES string of the molecule is CNCCC(=O)c1ccc(Br)c(Cl)c1F. The zero-order valence-electron chi connectivity index (χ0n) is 8.11. The maximum atomic E-state index is 13.5. The molecule has 0 saturated heterocycles. The fraction of sp³-hybridized carbons (Fsp3) is 0.300. The van der Waals surface area contributed by atoms with Crippen molar-refractivity contribution in [1.82, 2.24) is 5.32 Å². The van der Waals surface area contributed by atoms with Crippen molar-refractivity contribution in [3.05, 3.63) is 33.0 Å². The Morgan fingerprint density at radius 2 is 2.27 bits per heavy atom. The molecule has 0 bridgehead atoms. The van der Waals surface area contributed by atoms with E-state index in [0.717, 1.165) is 0 Å². The highest BCUT2D eigenvalue weighted by molar-refractivity contribution is 9.10. The number of hydrogen-bond donors (Lipinski definition) is 1. The molecule has 0 amide bonds. The molecule has 1 N–H and O–H groups in total. The Hall–Kier alpha value is -0.450. The van der Waals surface area contributed by atoms with Gasteiger partial charge in [-0.2, -0.15) is 0 Å². The van der Waals surface area contributed by atoms with Crippen LogP contribution in [-0.2, 0) is 0 Å². The first-order valence-corrected chi connectivity index (χ1v) is 5.56. The molecule has 0 heterocycles. The van der Waals surface area contributed by atoms with E-state index in [1.165, 1.54) is 6.07 Å². The van der Waals surface area contributed by atoms with E-state index in [2.05, 4.69) is 21.2 Å². The number of halogens is 3. The molecular weight excluding hydrogens is 284 g/mol. The number of ketones is 1. The van der Waals surface area contributed by atoms with Crippen molar-refractivity contribution in [1.29, 1.82) is 0 Å². The van der Waals surface area contributed by atoms with Crippen LogP contribution in [0.2, 0.25) is 5.02 Å². The third-order valence-corrected chi connectivity index (χ3v) is 3.20. The Bertz CT molecular complexity index is 384. The average molecular weight is 295 g/mol. The smallest absolute Gasteiger partial charge is 0.167 e. The Balaban J connectivity index is 2.95. The van der Waals surface area contributed by atoms with Gasteiger partial charge in [-0.1, -0.05) is 11.6 Å². The third-order valence-electron chi connectivity index (χ3n) is 1.94. The van der Waals surface area contributed by atoms with Crippen LogP contribution in [0.25, 0.3) is 0 Å². The molecule has 0 aliphatic heterocycles. The average Bonchev–Trinajstić information content (AvgIpc) is 2.23. The molecule has 1 rings (SSSR count). The highest BCUT2D eigenvalue weighted by atomic mass is 79.9. The van der Waals surface area contributed by atoms with Crippen molar-refractivity contribution in [2.75, 3.05) is 13.6 Å². The van der Waals surface area contributed by atoms with Crippen molar-refractivity contribution in [2.45, 2.75) is 6.42 Å². The van der Waals surface area contributed by atoms with Crippen LogP contribution in [0, 0.1) is 5.82 Å². The molecule has 0 spiro atoms. The topological polar surface area (TPSA) is 29.1 Å². The predicted molar refractivity (Wildman–Crippen MR) is 62.0 cm³/mol. The summed E-state index contributed by atoms with van der Waals surface area (Å²) in [5.41, 5.74) is 0.0402. The van der Waals surface area contributed by atoms with Gasteiger partial charge in [0.2, 0.25) is 0 Å². The van der Waals surface area contributed by atoms with Crippen molar-refractivity contribution >= 4 is 33.3 Å². The van der Waals surface area contributed by atoms with Gasteiger partial charge in [-0.3, -0.25) is 4.79 Å². The van der Waals surface area contributed by atoms with Gasteiger partial charge >= 0.3 is 0 Å². The first-order chi connectivity index (χ1) is 7.07. The van der Waals surface area contributed by atoms with Crippen LogP contribution < -0.4 is 5.32 Å². The Kier molecular flexibility index (Phi) is 4.70. The second kappa shape index (κ2) is 5.58. The first kappa shape index (κ1) is 12.6. The van der Waals surface area contributed by atoms with E-state index in [4.69, 9.17) is 11.6 Å². The summed E-state index contributed by atoms with van der Waals surface area (Å²) in [5, 5.41) is 2.78. The molecule has 0 saturated carbocycles. The summed E-state index contributed by atoms with van der Waals surface area (Å²) in [6.45, 7) is 0.520. The summed E-state index contributed by atoms with van der Waals surface area (Å²) in [4.78, 5) is 11.5. The van der Waals surface area contributed by atoms with Crippen LogP contribution in [0.15, 0.2) is 16.6 Å². The van der Waals surface area contributed by atoms with E-state index in [1.54, 1.807) is 13.1 Å². The number of carbonyl (C=O) groups excluding carboxylic acids is 1. The van der Waals surface area contributed by atoms with Gasteiger partial charge in [0.1, 0.15) is 0 Å². The van der Waals surface area contributed by atoms with E-state index in [-0.39, 0.29) is 22.8 Å². The highest BCUT2D eigenvalue weighted by Crippen LogP contribution is 2.27. The van der Waals surface area contributed by atoms with Crippen LogP contribution in [-0.4, -0.2) is 19.4 Å². The summed E-state index contributed by atoms with van der Waals surface area (Å²) in [6.07, 6.45) is 0.255. The lowest BCUT2D eigenvalue weighted by atomic mass is 10.1. The van der Waals surface area contributed by atoms with E-state index in [9.17, 15) is 9.18 Å². The van der Waals surface area contributed by atoms with Gasteiger partial charge in [0.05, 0.1) is 10.6 Å². The first-order valence-electron chi connectivity index (χ1n) is 4.39. The van der Waals surface area contributed by atoms with E-state index >= 15 is 0 Å². The fourth-order valence-electron chi connectivity index (χ4n) is 1.11.